The molecule has 2 fully saturated rings. The minimum atomic E-state index is -0.0851. The first-order valence-corrected chi connectivity index (χ1v) is 14.3. The van der Waals surface area contributed by atoms with Gasteiger partial charge in [-0.25, -0.2) is 4.79 Å². The average Bonchev–Trinajstić information content (AvgIpc) is 3.45. The summed E-state index contributed by atoms with van der Waals surface area (Å²) in [5, 5.41) is 3.21. The highest BCUT2D eigenvalue weighted by molar-refractivity contribution is 5.96. The van der Waals surface area contributed by atoms with Crippen LogP contribution in [0.4, 0.5) is 16.2 Å². The third kappa shape index (κ3) is 8.19. The van der Waals surface area contributed by atoms with E-state index in [1.807, 2.05) is 15.9 Å². The van der Waals surface area contributed by atoms with Gasteiger partial charge in [-0.05, 0) is 66.1 Å². The van der Waals surface area contributed by atoms with Crippen LogP contribution in [0.15, 0.2) is 42.5 Å². The van der Waals surface area contributed by atoms with Gasteiger partial charge < -0.3 is 30.5 Å². The quantitative estimate of drug-likeness (QED) is 0.475. The molecule has 2 saturated heterocycles. The fraction of sp³-hybridized carbons (Fsp3) is 0.548. The fourth-order valence-corrected chi connectivity index (χ4v) is 5.27. The number of hydrogen-bond acceptors (Lipinski definition) is 5. The second-order valence-electron chi connectivity index (χ2n) is 11.9. The van der Waals surface area contributed by atoms with Crippen LogP contribution < -0.4 is 16.0 Å². The number of nitrogens with zero attached hydrogens (tertiary/aromatic N) is 3. The van der Waals surface area contributed by atoms with Crippen molar-refractivity contribution in [1.29, 1.82) is 0 Å². The number of rotatable bonds is 9. The molecule has 2 aliphatic rings. The van der Waals surface area contributed by atoms with Crippen LogP contribution in [-0.4, -0.2) is 74.2 Å². The molecular weight excluding hydrogens is 490 g/mol. The number of hydrogen-bond donors (Lipinski definition) is 2. The van der Waals surface area contributed by atoms with Gasteiger partial charge >= 0.3 is 6.03 Å². The van der Waals surface area contributed by atoms with Crippen LogP contribution in [0.1, 0.15) is 52.0 Å². The van der Waals surface area contributed by atoms with E-state index in [0.717, 1.165) is 47.6 Å². The molecule has 0 saturated carbocycles. The highest BCUT2D eigenvalue weighted by Gasteiger charge is 2.24. The minimum absolute atomic E-state index is 0.0334. The lowest BCUT2D eigenvalue weighted by Crippen LogP contribution is -2.48. The van der Waals surface area contributed by atoms with Gasteiger partial charge in [-0.1, -0.05) is 45.0 Å². The van der Waals surface area contributed by atoms with E-state index in [1.165, 1.54) is 12.8 Å². The van der Waals surface area contributed by atoms with Crippen LogP contribution in [0.2, 0.25) is 0 Å². The summed E-state index contributed by atoms with van der Waals surface area (Å²) in [5.74, 6) is 0.0334. The second kappa shape index (κ2) is 13.3. The first-order chi connectivity index (χ1) is 18.7. The summed E-state index contributed by atoms with van der Waals surface area (Å²) in [4.78, 5) is 32.3. The lowest BCUT2D eigenvalue weighted by atomic mass is 9.92. The Morgan fingerprint density at radius 3 is 2.41 bits per heavy atom. The minimum Gasteiger partial charge on any atom is -0.378 e. The lowest BCUT2D eigenvalue weighted by Gasteiger charge is -2.33. The molecule has 2 aromatic rings. The molecule has 0 aromatic heterocycles. The predicted octanol–water partition coefficient (Wildman–Crippen LogP) is 4.93. The molecule has 4 rings (SSSR count). The smallest absolute Gasteiger partial charge is 0.320 e. The highest BCUT2D eigenvalue weighted by atomic mass is 16.5. The van der Waals surface area contributed by atoms with Crippen LogP contribution in [0.5, 0.6) is 0 Å². The van der Waals surface area contributed by atoms with E-state index < -0.39 is 0 Å². The van der Waals surface area contributed by atoms with Crippen molar-refractivity contribution in [2.45, 2.75) is 53.0 Å². The Morgan fingerprint density at radius 1 is 1.00 bits per heavy atom. The van der Waals surface area contributed by atoms with Crippen molar-refractivity contribution in [3.63, 3.8) is 0 Å². The van der Waals surface area contributed by atoms with Crippen molar-refractivity contribution in [3.05, 3.63) is 48.0 Å². The molecule has 0 unspecified atom stereocenters. The number of nitrogens with one attached hydrogen (secondary N) is 1. The van der Waals surface area contributed by atoms with E-state index in [-0.39, 0.29) is 17.4 Å². The Kier molecular flexibility index (Phi) is 9.86. The van der Waals surface area contributed by atoms with E-state index in [4.69, 9.17) is 10.5 Å². The van der Waals surface area contributed by atoms with E-state index in [1.54, 1.807) is 0 Å². The SMILES string of the molecule is CC(C)(C)CC(=O)Nc1cc(-c2cccc(CN(CCCN)C(=O)N3CCOCC3)c2)ccc1N1CCCC1. The molecule has 212 valence electrons. The molecule has 39 heavy (non-hydrogen) atoms. The molecule has 0 aliphatic carbocycles. The Labute approximate surface area is 233 Å². The zero-order valence-electron chi connectivity index (χ0n) is 23.9. The summed E-state index contributed by atoms with van der Waals surface area (Å²) in [5.41, 5.74) is 10.8. The average molecular weight is 536 g/mol. The second-order valence-corrected chi connectivity index (χ2v) is 11.9. The lowest BCUT2D eigenvalue weighted by molar-refractivity contribution is -0.117. The maximum atomic E-state index is 13.3. The number of urea groups is 1. The molecule has 3 amide bonds. The molecule has 8 nitrogen and oxygen atoms in total. The maximum absolute atomic E-state index is 13.3. The normalized spacial score (nSPS) is 15.9. The highest BCUT2D eigenvalue weighted by Crippen LogP contribution is 2.34. The van der Waals surface area contributed by atoms with Gasteiger partial charge in [-0.3, -0.25) is 4.79 Å². The van der Waals surface area contributed by atoms with Gasteiger partial charge in [-0.2, -0.15) is 0 Å². The molecule has 3 N–H and O–H groups in total. The number of morpholine rings is 1. The number of anilines is 2. The summed E-state index contributed by atoms with van der Waals surface area (Å²) in [7, 11) is 0. The number of amides is 3. The molecule has 0 atom stereocenters. The van der Waals surface area contributed by atoms with E-state index in [2.05, 4.69) is 67.4 Å². The monoisotopic (exact) mass is 535 g/mol. The molecule has 0 bridgehead atoms. The van der Waals surface area contributed by atoms with Crippen LogP contribution in [0.3, 0.4) is 0 Å². The van der Waals surface area contributed by atoms with Crippen molar-refractivity contribution >= 4 is 23.3 Å². The summed E-state index contributed by atoms with van der Waals surface area (Å²) >= 11 is 0. The Bertz CT molecular complexity index is 1120. The third-order valence-corrected chi connectivity index (χ3v) is 7.23. The molecule has 0 radical (unpaired) electrons. The molecule has 0 spiro atoms. The van der Waals surface area contributed by atoms with Crippen LogP contribution in [0, 0.1) is 5.41 Å². The van der Waals surface area contributed by atoms with Gasteiger partial charge in [0.05, 0.1) is 24.6 Å². The van der Waals surface area contributed by atoms with Gasteiger partial charge in [0, 0.05) is 45.7 Å². The standard InChI is InChI=1S/C31H45N5O3/c1-31(2,3)22-29(37)33-27-21-26(10-11-28(27)34-13-4-5-14-34)25-9-6-8-24(20-25)23-36(15-7-12-32)30(38)35-16-18-39-19-17-35/h6,8-11,20-21H,4-5,7,12-19,22-23,32H2,1-3H3,(H,33,37). The molecule has 8 heteroatoms. The molecule has 2 aromatic carbocycles. The first-order valence-electron chi connectivity index (χ1n) is 14.3. The largest absolute Gasteiger partial charge is 0.378 e. The molecule has 2 aliphatic heterocycles. The van der Waals surface area contributed by atoms with Crippen LogP contribution >= 0.6 is 0 Å². The van der Waals surface area contributed by atoms with Gasteiger partial charge in [0.1, 0.15) is 0 Å². The van der Waals surface area contributed by atoms with Gasteiger partial charge in [0.15, 0.2) is 0 Å². The topological polar surface area (TPSA) is 91.1 Å². The summed E-state index contributed by atoms with van der Waals surface area (Å²) < 4.78 is 5.43. The zero-order valence-corrected chi connectivity index (χ0v) is 23.9. The molecular formula is C31H45N5O3. The van der Waals surface area contributed by atoms with Gasteiger partial charge in [0.25, 0.3) is 0 Å². The van der Waals surface area contributed by atoms with Crippen molar-refractivity contribution in [2.24, 2.45) is 11.1 Å². The number of benzene rings is 2. The van der Waals surface area contributed by atoms with E-state index >= 15 is 0 Å². The van der Waals surface area contributed by atoms with E-state index in [9.17, 15) is 9.59 Å². The van der Waals surface area contributed by atoms with E-state index in [0.29, 0.717) is 52.4 Å². The van der Waals surface area contributed by atoms with Crippen molar-refractivity contribution < 1.29 is 14.3 Å². The maximum Gasteiger partial charge on any atom is 0.320 e. The third-order valence-electron chi connectivity index (χ3n) is 7.23. The van der Waals surface area contributed by atoms with Crippen molar-refractivity contribution in [3.8, 4) is 11.1 Å². The number of carbonyl (C=O) groups excluding carboxylic acids is 2. The summed E-state index contributed by atoms with van der Waals surface area (Å²) in [6.07, 6.45) is 3.55. The number of carbonyl (C=O) groups is 2. The summed E-state index contributed by atoms with van der Waals surface area (Å²) in [6, 6.07) is 14.7. The Hall–Kier alpha value is -3.10. The van der Waals surface area contributed by atoms with Crippen molar-refractivity contribution in [2.75, 3.05) is 62.7 Å². The predicted molar refractivity (Wildman–Crippen MR) is 158 cm³/mol. The number of ether oxygens (including phenoxy) is 1. The summed E-state index contributed by atoms with van der Waals surface area (Å²) in [6.45, 7) is 12.3. The van der Waals surface area contributed by atoms with Crippen LogP contribution in [0.25, 0.3) is 11.1 Å². The van der Waals surface area contributed by atoms with Gasteiger partial charge in [0.2, 0.25) is 5.91 Å². The first kappa shape index (κ1) is 28.9. The molecule has 2 heterocycles. The Morgan fingerprint density at radius 2 is 1.72 bits per heavy atom. The van der Waals surface area contributed by atoms with Crippen molar-refractivity contribution in [1.82, 2.24) is 9.80 Å². The van der Waals surface area contributed by atoms with Gasteiger partial charge in [-0.15, -0.1) is 0 Å². The fourth-order valence-electron chi connectivity index (χ4n) is 5.27. The Balaban J connectivity index is 1.57. The number of nitrogens with two attached hydrogens (primary N) is 1. The zero-order chi connectivity index (χ0) is 27.8. The van der Waals surface area contributed by atoms with Crippen LogP contribution in [-0.2, 0) is 16.1 Å².